The summed E-state index contributed by atoms with van der Waals surface area (Å²) in [5.74, 6) is 1.72. The number of hydrogen-bond acceptors (Lipinski definition) is 4. The summed E-state index contributed by atoms with van der Waals surface area (Å²) < 4.78 is 11.8. The van der Waals surface area contributed by atoms with E-state index >= 15 is 0 Å². The average molecular weight is 565 g/mol. The van der Waals surface area contributed by atoms with Crippen molar-refractivity contribution in [2.45, 2.75) is 27.7 Å². The van der Waals surface area contributed by atoms with Crippen molar-refractivity contribution in [2.75, 3.05) is 36.1 Å². The van der Waals surface area contributed by atoms with Crippen molar-refractivity contribution in [2.24, 2.45) is 11.8 Å². The van der Waals surface area contributed by atoms with Crippen LogP contribution in [0.5, 0.6) is 11.5 Å². The highest BCUT2D eigenvalue weighted by molar-refractivity contribution is 6.08. The number of amides is 2. The van der Waals surface area contributed by atoms with Crippen LogP contribution in [0.25, 0.3) is 0 Å². The number of anilines is 2. The average Bonchev–Trinajstić information content (AvgIpc) is 3.02. The fraction of sp³-hybridized carbons (Fsp3) is 0.278. The zero-order valence-corrected chi connectivity index (χ0v) is 24.9. The third-order valence-corrected chi connectivity index (χ3v) is 6.50. The third-order valence-electron chi connectivity index (χ3n) is 6.50. The van der Waals surface area contributed by atoms with Crippen LogP contribution in [0.3, 0.4) is 0 Å². The largest absolute Gasteiger partial charge is 0.493 e. The van der Waals surface area contributed by atoms with Gasteiger partial charge in [0, 0.05) is 35.6 Å². The molecule has 6 heteroatoms. The Morgan fingerprint density at radius 2 is 0.929 bits per heavy atom. The molecule has 4 rings (SSSR count). The summed E-state index contributed by atoms with van der Waals surface area (Å²) in [5, 5.41) is 0. The summed E-state index contributed by atoms with van der Waals surface area (Å²) in [6.07, 6.45) is 0. The molecule has 0 spiro atoms. The van der Waals surface area contributed by atoms with Crippen molar-refractivity contribution < 1.29 is 19.1 Å². The van der Waals surface area contributed by atoms with Gasteiger partial charge in [0.1, 0.15) is 11.5 Å². The van der Waals surface area contributed by atoms with Gasteiger partial charge in [-0.25, -0.2) is 0 Å². The number of carbonyl (C=O) groups is 2. The van der Waals surface area contributed by atoms with Gasteiger partial charge in [0.2, 0.25) is 0 Å². The predicted molar refractivity (Wildman–Crippen MR) is 170 cm³/mol. The molecule has 0 aromatic heterocycles. The van der Waals surface area contributed by atoms with Crippen LogP contribution < -0.4 is 19.3 Å². The van der Waals surface area contributed by atoms with Crippen LogP contribution in [0.2, 0.25) is 0 Å². The highest BCUT2D eigenvalue weighted by Crippen LogP contribution is 2.23. The summed E-state index contributed by atoms with van der Waals surface area (Å²) in [6, 6.07) is 33.6. The highest BCUT2D eigenvalue weighted by Gasteiger charge is 2.23. The second kappa shape index (κ2) is 14.9. The first-order valence-electron chi connectivity index (χ1n) is 14.5. The van der Waals surface area contributed by atoms with Gasteiger partial charge in [0.05, 0.1) is 13.2 Å². The van der Waals surface area contributed by atoms with Crippen LogP contribution in [-0.2, 0) is 0 Å². The minimum Gasteiger partial charge on any atom is -0.493 e. The molecule has 0 heterocycles. The molecule has 0 aliphatic heterocycles. The topological polar surface area (TPSA) is 59.1 Å². The van der Waals surface area contributed by atoms with E-state index in [1.54, 1.807) is 34.1 Å². The van der Waals surface area contributed by atoms with Crippen LogP contribution in [0, 0.1) is 11.8 Å². The SMILES string of the molecule is CC(C)COc1cccc(C(=O)N(CCN(C(=O)c2cccc(OCC(C)C)c2)c2ccccc2)c2ccccc2)c1. The number of hydrogen-bond donors (Lipinski definition) is 0. The summed E-state index contributed by atoms with van der Waals surface area (Å²) in [4.78, 5) is 31.3. The van der Waals surface area contributed by atoms with Crippen molar-refractivity contribution in [1.29, 1.82) is 0 Å². The Kier molecular flexibility index (Phi) is 10.8. The second-order valence-electron chi connectivity index (χ2n) is 11.1. The second-order valence-corrected chi connectivity index (χ2v) is 11.1. The van der Waals surface area contributed by atoms with Crippen LogP contribution >= 0.6 is 0 Å². The Labute approximate surface area is 249 Å². The molecule has 0 aliphatic rings. The maximum Gasteiger partial charge on any atom is 0.258 e. The Balaban J connectivity index is 1.61. The first-order chi connectivity index (χ1) is 20.3. The Bertz CT molecular complexity index is 1330. The highest BCUT2D eigenvalue weighted by atomic mass is 16.5. The van der Waals surface area contributed by atoms with Gasteiger partial charge in [-0.1, -0.05) is 76.2 Å². The Hall–Kier alpha value is -4.58. The minimum atomic E-state index is -0.166. The van der Waals surface area contributed by atoms with E-state index in [1.807, 2.05) is 84.9 Å². The van der Waals surface area contributed by atoms with E-state index in [0.717, 1.165) is 11.4 Å². The van der Waals surface area contributed by atoms with Crippen molar-refractivity contribution >= 4 is 23.2 Å². The van der Waals surface area contributed by atoms with Crippen LogP contribution in [0.4, 0.5) is 11.4 Å². The van der Waals surface area contributed by atoms with E-state index in [-0.39, 0.29) is 24.9 Å². The Morgan fingerprint density at radius 1 is 0.548 bits per heavy atom. The van der Waals surface area contributed by atoms with Gasteiger partial charge >= 0.3 is 0 Å². The molecule has 0 atom stereocenters. The van der Waals surface area contributed by atoms with Gasteiger partial charge in [0.25, 0.3) is 11.8 Å². The Morgan fingerprint density at radius 3 is 1.29 bits per heavy atom. The lowest BCUT2D eigenvalue weighted by Crippen LogP contribution is -2.41. The zero-order valence-electron chi connectivity index (χ0n) is 24.9. The summed E-state index contributed by atoms with van der Waals surface area (Å²) >= 11 is 0. The maximum atomic E-state index is 13.9. The molecule has 6 nitrogen and oxygen atoms in total. The third kappa shape index (κ3) is 8.46. The molecule has 0 bridgehead atoms. The summed E-state index contributed by atoms with van der Waals surface area (Å²) in [5.41, 5.74) is 2.54. The normalized spacial score (nSPS) is 10.9. The molecule has 0 aliphatic carbocycles. The molecule has 4 aromatic carbocycles. The molecule has 0 radical (unpaired) electrons. The molecule has 218 valence electrons. The fourth-order valence-corrected chi connectivity index (χ4v) is 4.39. The van der Waals surface area contributed by atoms with Crippen molar-refractivity contribution in [3.8, 4) is 11.5 Å². The van der Waals surface area contributed by atoms with Gasteiger partial charge in [-0.3, -0.25) is 9.59 Å². The monoisotopic (exact) mass is 564 g/mol. The van der Waals surface area contributed by atoms with Gasteiger partial charge < -0.3 is 19.3 Å². The molecule has 0 unspecified atom stereocenters. The zero-order chi connectivity index (χ0) is 29.9. The van der Waals surface area contributed by atoms with Crippen molar-refractivity contribution in [3.63, 3.8) is 0 Å². The number of nitrogens with zero attached hydrogens (tertiary/aromatic N) is 2. The molecule has 2 amide bonds. The van der Waals surface area contributed by atoms with E-state index in [2.05, 4.69) is 27.7 Å². The maximum absolute atomic E-state index is 13.9. The molecule has 0 N–H and O–H groups in total. The first kappa shape index (κ1) is 30.4. The number of rotatable bonds is 13. The van der Waals surface area contributed by atoms with Gasteiger partial charge in [-0.05, 0) is 72.5 Å². The van der Waals surface area contributed by atoms with Crippen LogP contribution in [0.15, 0.2) is 109 Å². The minimum absolute atomic E-state index is 0.166. The standard InChI is InChI=1S/C36H40N2O4/c1-27(2)25-41-33-19-11-13-29(23-33)35(39)37(31-15-7-5-8-16-31)21-22-38(32-17-9-6-10-18-32)36(40)30-14-12-20-34(24-30)42-26-28(3)4/h5-20,23-24,27-28H,21-22,25-26H2,1-4H3. The van der Waals surface area contributed by atoms with Crippen LogP contribution in [-0.4, -0.2) is 38.1 Å². The van der Waals surface area contributed by atoms with E-state index in [4.69, 9.17) is 9.47 Å². The number of carbonyl (C=O) groups excluding carboxylic acids is 2. The molecule has 0 fully saturated rings. The fourth-order valence-electron chi connectivity index (χ4n) is 4.39. The van der Waals surface area contributed by atoms with E-state index < -0.39 is 0 Å². The van der Waals surface area contributed by atoms with Gasteiger partial charge in [-0.2, -0.15) is 0 Å². The lowest BCUT2D eigenvalue weighted by Gasteiger charge is -2.28. The molecule has 0 saturated carbocycles. The van der Waals surface area contributed by atoms with Crippen molar-refractivity contribution in [1.82, 2.24) is 0 Å². The molecule has 4 aromatic rings. The first-order valence-corrected chi connectivity index (χ1v) is 14.5. The quantitative estimate of drug-likeness (QED) is 0.167. The van der Waals surface area contributed by atoms with E-state index in [0.29, 0.717) is 47.7 Å². The van der Waals surface area contributed by atoms with Gasteiger partial charge in [-0.15, -0.1) is 0 Å². The lowest BCUT2D eigenvalue weighted by molar-refractivity contribution is 0.0967. The number of benzene rings is 4. The van der Waals surface area contributed by atoms with E-state index in [1.165, 1.54) is 0 Å². The molecule has 0 saturated heterocycles. The van der Waals surface area contributed by atoms with Crippen LogP contribution in [0.1, 0.15) is 48.4 Å². The molecular formula is C36H40N2O4. The number of ether oxygens (including phenoxy) is 2. The summed E-state index contributed by atoms with van der Waals surface area (Å²) in [7, 11) is 0. The predicted octanol–water partition coefficient (Wildman–Crippen LogP) is 7.75. The smallest absolute Gasteiger partial charge is 0.258 e. The number of para-hydroxylation sites is 2. The molecule has 42 heavy (non-hydrogen) atoms. The lowest BCUT2D eigenvalue weighted by atomic mass is 10.1. The van der Waals surface area contributed by atoms with Crippen molar-refractivity contribution in [3.05, 3.63) is 120 Å². The van der Waals surface area contributed by atoms with E-state index in [9.17, 15) is 9.59 Å². The summed E-state index contributed by atoms with van der Waals surface area (Å²) in [6.45, 7) is 10.0. The molecular weight excluding hydrogens is 524 g/mol. The van der Waals surface area contributed by atoms with Gasteiger partial charge in [0.15, 0.2) is 0 Å².